The fourth-order valence-electron chi connectivity index (χ4n) is 3.16. The number of amides is 2. The molecule has 1 aromatic rings. The van der Waals surface area contributed by atoms with E-state index < -0.39 is 5.60 Å². The Bertz CT molecular complexity index is 509. The van der Waals surface area contributed by atoms with E-state index in [1.54, 1.807) is 6.92 Å². The van der Waals surface area contributed by atoms with Gasteiger partial charge in [0.2, 0.25) is 0 Å². The minimum Gasteiger partial charge on any atom is -0.384 e. The topological polar surface area (TPSA) is 64.6 Å². The van der Waals surface area contributed by atoms with Crippen molar-refractivity contribution >= 4 is 6.03 Å². The van der Waals surface area contributed by atoms with Gasteiger partial charge in [-0.2, -0.15) is 0 Å². The molecule has 2 rings (SSSR count). The van der Waals surface area contributed by atoms with Gasteiger partial charge in [-0.3, -0.25) is 0 Å². The maximum absolute atomic E-state index is 12.1. The molecule has 0 radical (unpaired) electrons. The van der Waals surface area contributed by atoms with Crippen LogP contribution in [0.2, 0.25) is 0 Å². The van der Waals surface area contributed by atoms with Gasteiger partial charge in [-0.1, -0.05) is 44.2 Å². The standard InChI is InChI=1S/C19H31N3O2/c1-15(2)13-22-11-9-17(10-12-22)21-18(23)20-14-19(3,24)16-7-5-4-6-8-16/h4-8,15,17,24H,9-14H2,1-3H3,(H2,20,21,23). The average molecular weight is 333 g/mol. The number of hydrogen-bond donors (Lipinski definition) is 3. The first-order valence-corrected chi connectivity index (χ1v) is 8.91. The van der Waals surface area contributed by atoms with Crippen LogP contribution in [0.3, 0.4) is 0 Å². The van der Waals surface area contributed by atoms with Crippen LogP contribution in [0.5, 0.6) is 0 Å². The van der Waals surface area contributed by atoms with Crippen molar-refractivity contribution in [2.45, 2.75) is 45.3 Å². The van der Waals surface area contributed by atoms with Gasteiger partial charge >= 0.3 is 6.03 Å². The van der Waals surface area contributed by atoms with Gasteiger partial charge in [0.05, 0.1) is 6.54 Å². The van der Waals surface area contributed by atoms with Crippen LogP contribution < -0.4 is 10.6 Å². The van der Waals surface area contributed by atoms with Crippen molar-refractivity contribution in [1.29, 1.82) is 0 Å². The van der Waals surface area contributed by atoms with Crippen LogP contribution >= 0.6 is 0 Å². The van der Waals surface area contributed by atoms with E-state index in [0.29, 0.717) is 5.92 Å². The summed E-state index contributed by atoms with van der Waals surface area (Å²) in [7, 11) is 0. The van der Waals surface area contributed by atoms with Crippen LogP contribution in [0.15, 0.2) is 30.3 Å². The Balaban J connectivity index is 1.72. The normalized spacial score (nSPS) is 19.0. The molecule has 1 fully saturated rings. The van der Waals surface area contributed by atoms with Gasteiger partial charge in [-0.25, -0.2) is 4.79 Å². The zero-order valence-corrected chi connectivity index (χ0v) is 15.1. The summed E-state index contributed by atoms with van der Waals surface area (Å²) in [5.41, 5.74) is -0.272. The number of benzene rings is 1. The number of carbonyl (C=O) groups is 1. The Hall–Kier alpha value is -1.59. The van der Waals surface area contributed by atoms with Crippen molar-refractivity contribution in [3.63, 3.8) is 0 Å². The number of nitrogens with zero attached hydrogens (tertiary/aromatic N) is 1. The van der Waals surface area contributed by atoms with E-state index in [4.69, 9.17) is 0 Å². The zero-order chi connectivity index (χ0) is 17.6. The Kier molecular flexibility index (Phi) is 6.63. The van der Waals surface area contributed by atoms with E-state index in [1.807, 2.05) is 30.3 Å². The van der Waals surface area contributed by atoms with Crippen molar-refractivity contribution in [3.8, 4) is 0 Å². The van der Waals surface area contributed by atoms with Gasteiger partial charge in [0.15, 0.2) is 0 Å². The molecule has 5 heteroatoms. The number of carbonyl (C=O) groups excluding carboxylic acids is 1. The van der Waals surface area contributed by atoms with Crippen LogP contribution in [0.25, 0.3) is 0 Å². The number of urea groups is 1. The van der Waals surface area contributed by atoms with Crippen LogP contribution in [0, 0.1) is 5.92 Å². The Labute approximate surface area is 145 Å². The van der Waals surface area contributed by atoms with Crippen LogP contribution in [0.4, 0.5) is 4.79 Å². The predicted molar refractivity (Wildman–Crippen MR) is 96.8 cm³/mol. The average Bonchev–Trinajstić information content (AvgIpc) is 2.55. The Morgan fingerprint density at radius 3 is 2.50 bits per heavy atom. The zero-order valence-electron chi connectivity index (χ0n) is 15.1. The van der Waals surface area contributed by atoms with Crippen molar-refractivity contribution < 1.29 is 9.90 Å². The highest BCUT2D eigenvalue weighted by molar-refractivity contribution is 5.74. The van der Waals surface area contributed by atoms with Crippen LogP contribution in [-0.2, 0) is 5.60 Å². The summed E-state index contributed by atoms with van der Waals surface area (Å²) < 4.78 is 0. The molecule has 0 aromatic heterocycles. The molecule has 1 unspecified atom stereocenters. The molecule has 1 aliphatic heterocycles. The second kappa shape index (κ2) is 8.49. The number of nitrogens with one attached hydrogen (secondary N) is 2. The monoisotopic (exact) mass is 333 g/mol. The van der Waals surface area contributed by atoms with Gasteiger partial charge < -0.3 is 20.6 Å². The summed E-state index contributed by atoms with van der Waals surface area (Å²) in [6, 6.07) is 9.42. The summed E-state index contributed by atoms with van der Waals surface area (Å²) in [4.78, 5) is 14.6. The van der Waals surface area contributed by atoms with E-state index in [1.165, 1.54) is 0 Å². The SMILES string of the molecule is CC(C)CN1CCC(NC(=O)NCC(C)(O)c2ccccc2)CC1. The lowest BCUT2D eigenvalue weighted by molar-refractivity contribution is 0.0591. The number of rotatable bonds is 6. The second-order valence-corrected chi connectivity index (χ2v) is 7.44. The Morgan fingerprint density at radius 2 is 1.92 bits per heavy atom. The summed E-state index contributed by atoms with van der Waals surface area (Å²) in [5.74, 6) is 0.679. The lowest BCUT2D eigenvalue weighted by Crippen LogP contribution is -2.50. The summed E-state index contributed by atoms with van der Waals surface area (Å²) in [6.45, 7) is 9.56. The van der Waals surface area contributed by atoms with Gasteiger partial charge in [0.1, 0.15) is 5.60 Å². The third-order valence-electron chi connectivity index (χ3n) is 4.53. The van der Waals surface area contributed by atoms with E-state index >= 15 is 0 Å². The van der Waals surface area contributed by atoms with E-state index in [9.17, 15) is 9.90 Å². The van der Waals surface area contributed by atoms with Crippen molar-refractivity contribution in [3.05, 3.63) is 35.9 Å². The fourth-order valence-corrected chi connectivity index (χ4v) is 3.16. The summed E-state index contributed by atoms with van der Waals surface area (Å²) in [6.07, 6.45) is 1.96. The molecule has 1 aromatic carbocycles. The second-order valence-electron chi connectivity index (χ2n) is 7.44. The molecular formula is C19H31N3O2. The Morgan fingerprint density at radius 1 is 1.29 bits per heavy atom. The quantitative estimate of drug-likeness (QED) is 0.748. The minimum absolute atomic E-state index is 0.190. The van der Waals surface area contributed by atoms with Gasteiger partial charge in [-0.05, 0) is 31.2 Å². The maximum atomic E-state index is 12.1. The van der Waals surface area contributed by atoms with Crippen molar-refractivity contribution in [1.82, 2.24) is 15.5 Å². The molecule has 5 nitrogen and oxygen atoms in total. The summed E-state index contributed by atoms with van der Waals surface area (Å²) >= 11 is 0. The van der Waals surface area contributed by atoms with E-state index in [0.717, 1.165) is 38.0 Å². The highest BCUT2D eigenvalue weighted by Gasteiger charge is 2.25. The van der Waals surface area contributed by atoms with Gasteiger partial charge in [-0.15, -0.1) is 0 Å². The molecule has 1 heterocycles. The number of hydrogen-bond acceptors (Lipinski definition) is 3. The molecule has 1 saturated heterocycles. The predicted octanol–water partition coefficient (Wildman–Crippen LogP) is 2.31. The van der Waals surface area contributed by atoms with Gasteiger partial charge in [0.25, 0.3) is 0 Å². The molecule has 134 valence electrons. The molecule has 0 spiro atoms. The maximum Gasteiger partial charge on any atom is 0.315 e. The summed E-state index contributed by atoms with van der Waals surface area (Å²) in [5, 5.41) is 16.3. The third kappa shape index (κ3) is 5.80. The van der Waals surface area contributed by atoms with Gasteiger partial charge in [0, 0.05) is 25.7 Å². The molecule has 24 heavy (non-hydrogen) atoms. The van der Waals surface area contributed by atoms with E-state index in [2.05, 4.69) is 29.4 Å². The van der Waals surface area contributed by atoms with E-state index in [-0.39, 0.29) is 18.6 Å². The molecule has 0 saturated carbocycles. The van der Waals surface area contributed by atoms with Crippen LogP contribution in [-0.4, -0.2) is 48.3 Å². The lowest BCUT2D eigenvalue weighted by atomic mass is 9.96. The molecule has 1 atom stereocenters. The number of piperidine rings is 1. The van der Waals surface area contributed by atoms with Crippen molar-refractivity contribution in [2.75, 3.05) is 26.2 Å². The van der Waals surface area contributed by atoms with Crippen molar-refractivity contribution in [2.24, 2.45) is 5.92 Å². The highest BCUT2D eigenvalue weighted by Crippen LogP contribution is 2.19. The first-order chi connectivity index (χ1) is 11.4. The largest absolute Gasteiger partial charge is 0.384 e. The molecule has 2 amide bonds. The molecule has 1 aliphatic rings. The number of aliphatic hydroxyl groups is 1. The molecular weight excluding hydrogens is 302 g/mol. The van der Waals surface area contributed by atoms with Crippen LogP contribution in [0.1, 0.15) is 39.2 Å². The highest BCUT2D eigenvalue weighted by atomic mass is 16.3. The fraction of sp³-hybridized carbons (Fsp3) is 0.632. The first kappa shape index (κ1) is 18.7. The molecule has 0 aliphatic carbocycles. The number of likely N-dealkylation sites (tertiary alicyclic amines) is 1. The molecule has 3 N–H and O–H groups in total. The minimum atomic E-state index is -1.07. The lowest BCUT2D eigenvalue weighted by Gasteiger charge is -2.33. The third-order valence-corrected chi connectivity index (χ3v) is 4.53. The molecule has 0 bridgehead atoms. The smallest absolute Gasteiger partial charge is 0.315 e. The first-order valence-electron chi connectivity index (χ1n) is 8.91.